The first-order valence-corrected chi connectivity index (χ1v) is 9.57. The van der Waals surface area contributed by atoms with E-state index >= 15 is 0 Å². The van der Waals surface area contributed by atoms with E-state index in [4.69, 9.17) is 18.6 Å². The summed E-state index contributed by atoms with van der Waals surface area (Å²) >= 11 is 0. The van der Waals surface area contributed by atoms with Crippen LogP contribution in [0, 0.1) is 5.82 Å². The van der Waals surface area contributed by atoms with Crippen molar-refractivity contribution in [2.45, 2.75) is 0 Å². The van der Waals surface area contributed by atoms with Crippen LogP contribution in [0.25, 0.3) is 11.0 Å². The first-order valence-electron chi connectivity index (χ1n) is 9.57. The Morgan fingerprint density at radius 2 is 1.78 bits per heavy atom. The van der Waals surface area contributed by atoms with E-state index in [-0.39, 0.29) is 29.2 Å². The fourth-order valence-electron chi connectivity index (χ4n) is 2.93. The third-order valence-electron chi connectivity index (χ3n) is 4.48. The third kappa shape index (κ3) is 4.86. The molecule has 1 aromatic heterocycles. The number of fused-ring (bicyclic) bond motifs is 1. The van der Waals surface area contributed by atoms with E-state index in [2.05, 4.69) is 5.32 Å². The Kier molecular flexibility index (Phi) is 6.03. The van der Waals surface area contributed by atoms with E-state index in [1.54, 1.807) is 37.4 Å². The van der Waals surface area contributed by atoms with Crippen molar-refractivity contribution in [3.8, 4) is 23.0 Å². The van der Waals surface area contributed by atoms with Crippen LogP contribution in [0.3, 0.4) is 0 Å². The molecule has 0 atom stereocenters. The van der Waals surface area contributed by atoms with Gasteiger partial charge in [-0.05, 0) is 48.5 Å². The highest BCUT2D eigenvalue weighted by Crippen LogP contribution is 2.24. The van der Waals surface area contributed by atoms with Crippen LogP contribution in [0.15, 0.2) is 82.2 Å². The molecule has 0 fully saturated rings. The van der Waals surface area contributed by atoms with Gasteiger partial charge in [-0.2, -0.15) is 0 Å². The zero-order chi connectivity index (χ0) is 22.5. The number of rotatable bonds is 7. The lowest BCUT2D eigenvalue weighted by atomic mass is 10.2. The average Bonchev–Trinajstić information content (AvgIpc) is 2.81. The van der Waals surface area contributed by atoms with Crippen LogP contribution in [-0.2, 0) is 4.79 Å². The van der Waals surface area contributed by atoms with Gasteiger partial charge in [0.25, 0.3) is 5.91 Å². The standard InChI is InChI=1S/C24H18FNO6/c1-29-18-4-2-3-16(11-18)26-23(27)14-30-19-9-10-20-21(12-19)31-13-22(24(20)28)32-17-7-5-15(25)6-8-17/h2-13H,14H2,1H3,(H,26,27). The maximum atomic E-state index is 13.0. The van der Waals surface area contributed by atoms with Gasteiger partial charge in [0, 0.05) is 17.8 Å². The molecule has 0 aliphatic heterocycles. The lowest BCUT2D eigenvalue weighted by molar-refractivity contribution is -0.118. The molecule has 3 aromatic carbocycles. The Morgan fingerprint density at radius 3 is 2.56 bits per heavy atom. The minimum atomic E-state index is -0.410. The number of amides is 1. The molecule has 8 heteroatoms. The Labute approximate surface area is 182 Å². The van der Waals surface area contributed by atoms with E-state index in [0.29, 0.717) is 22.9 Å². The topological polar surface area (TPSA) is 87.0 Å². The molecule has 1 N–H and O–H groups in total. The maximum absolute atomic E-state index is 13.0. The second kappa shape index (κ2) is 9.22. The zero-order valence-electron chi connectivity index (χ0n) is 17.0. The van der Waals surface area contributed by atoms with Crippen molar-refractivity contribution in [2.24, 2.45) is 0 Å². The number of hydrogen-bond donors (Lipinski definition) is 1. The van der Waals surface area contributed by atoms with Crippen LogP contribution in [0.2, 0.25) is 0 Å². The zero-order valence-corrected chi connectivity index (χ0v) is 17.0. The summed E-state index contributed by atoms with van der Waals surface area (Å²) in [6.45, 7) is -0.237. The van der Waals surface area contributed by atoms with Crippen LogP contribution >= 0.6 is 0 Å². The summed E-state index contributed by atoms with van der Waals surface area (Å²) in [5.41, 5.74) is 0.459. The summed E-state index contributed by atoms with van der Waals surface area (Å²) in [6, 6.07) is 16.8. The van der Waals surface area contributed by atoms with Gasteiger partial charge in [-0.1, -0.05) is 6.07 Å². The highest BCUT2D eigenvalue weighted by molar-refractivity contribution is 5.92. The number of benzene rings is 3. The smallest absolute Gasteiger partial charge is 0.262 e. The number of carbonyl (C=O) groups is 1. The molecule has 4 rings (SSSR count). The second-order valence-corrected chi connectivity index (χ2v) is 6.71. The molecule has 0 aliphatic carbocycles. The fourth-order valence-corrected chi connectivity index (χ4v) is 2.93. The molecule has 1 heterocycles. The number of methoxy groups -OCH3 is 1. The van der Waals surface area contributed by atoms with E-state index in [0.717, 1.165) is 0 Å². The SMILES string of the molecule is COc1cccc(NC(=O)COc2ccc3c(=O)c(Oc4ccc(F)cc4)coc3c2)c1. The average molecular weight is 435 g/mol. The number of carbonyl (C=O) groups excluding carboxylic acids is 1. The Hall–Kier alpha value is -4.33. The summed E-state index contributed by atoms with van der Waals surface area (Å²) in [4.78, 5) is 24.8. The number of nitrogens with one attached hydrogen (secondary N) is 1. The predicted octanol–water partition coefficient (Wildman–Crippen LogP) is 4.75. The molecule has 0 spiro atoms. The quantitative estimate of drug-likeness (QED) is 0.451. The molecule has 7 nitrogen and oxygen atoms in total. The lowest BCUT2D eigenvalue weighted by Crippen LogP contribution is -2.20. The molecular formula is C24H18FNO6. The van der Waals surface area contributed by atoms with E-state index < -0.39 is 11.2 Å². The van der Waals surface area contributed by atoms with Crippen LogP contribution < -0.4 is 25.0 Å². The van der Waals surface area contributed by atoms with Crippen molar-refractivity contribution in [1.82, 2.24) is 0 Å². The van der Waals surface area contributed by atoms with Crippen molar-refractivity contribution in [1.29, 1.82) is 0 Å². The fraction of sp³-hybridized carbons (Fsp3) is 0.0833. The summed E-state index contributed by atoms with van der Waals surface area (Å²) < 4.78 is 34.6. The molecule has 0 radical (unpaired) electrons. The van der Waals surface area contributed by atoms with Crippen LogP contribution in [0.1, 0.15) is 0 Å². The molecule has 0 aliphatic rings. The maximum Gasteiger partial charge on any atom is 0.262 e. The third-order valence-corrected chi connectivity index (χ3v) is 4.48. The number of hydrogen-bond acceptors (Lipinski definition) is 6. The van der Waals surface area contributed by atoms with Crippen molar-refractivity contribution in [3.63, 3.8) is 0 Å². The molecule has 162 valence electrons. The van der Waals surface area contributed by atoms with Crippen LogP contribution in [0.4, 0.5) is 10.1 Å². The summed E-state index contributed by atoms with van der Waals surface area (Å²) in [5, 5.41) is 2.99. The molecule has 1 amide bonds. The largest absolute Gasteiger partial charge is 0.497 e. The van der Waals surface area contributed by atoms with Crippen LogP contribution in [0.5, 0.6) is 23.0 Å². The van der Waals surface area contributed by atoms with Gasteiger partial charge in [0.05, 0.1) is 12.5 Å². The minimum absolute atomic E-state index is 0.0320. The summed E-state index contributed by atoms with van der Waals surface area (Å²) in [5.74, 6) is 0.482. The van der Waals surface area contributed by atoms with E-state index in [1.165, 1.54) is 42.7 Å². The monoisotopic (exact) mass is 435 g/mol. The summed E-state index contributed by atoms with van der Waals surface area (Å²) in [6.07, 6.45) is 1.17. The van der Waals surface area contributed by atoms with E-state index in [1.807, 2.05) is 0 Å². The van der Waals surface area contributed by atoms with Crippen molar-refractivity contribution < 1.29 is 27.8 Å². The van der Waals surface area contributed by atoms with Gasteiger partial charge < -0.3 is 23.9 Å². The highest BCUT2D eigenvalue weighted by Gasteiger charge is 2.11. The molecule has 0 saturated carbocycles. The normalized spacial score (nSPS) is 10.6. The lowest BCUT2D eigenvalue weighted by Gasteiger charge is -2.09. The van der Waals surface area contributed by atoms with Crippen molar-refractivity contribution in [3.05, 3.63) is 89.0 Å². The van der Waals surface area contributed by atoms with Gasteiger partial charge in [0.1, 0.15) is 34.9 Å². The highest BCUT2D eigenvalue weighted by atomic mass is 19.1. The van der Waals surface area contributed by atoms with Gasteiger partial charge in [-0.3, -0.25) is 9.59 Å². The van der Waals surface area contributed by atoms with Gasteiger partial charge in [-0.25, -0.2) is 4.39 Å². The first-order chi connectivity index (χ1) is 15.5. The molecule has 0 unspecified atom stereocenters. The first kappa shape index (κ1) is 20.9. The van der Waals surface area contributed by atoms with Gasteiger partial charge >= 0.3 is 0 Å². The Morgan fingerprint density at radius 1 is 1.00 bits per heavy atom. The van der Waals surface area contributed by atoms with Gasteiger partial charge in [0.15, 0.2) is 6.61 Å². The Balaban J connectivity index is 1.43. The Bertz CT molecular complexity index is 1320. The number of anilines is 1. The molecule has 4 aromatic rings. The number of halogens is 1. The van der Waals surface area contributed by atoms with Gasteiger partial charge in [0.2, 0.25) is 11.2 Å². The van der Waals surface area contributed by atoms with Crippen molar-refractivity contribution in [2.75, 3.05) is 19.0 Å². The van der Waals surface area contributed by atoms with E-state index in [9.17, 15) is 14.0 Å². The van der Waals surface area contributed by atoms with Gasteiger partial charge in [-0.15, -0.1) is 0 Å². The minimum Gasteiger partial charge on any atom is -0.497 e. The van der Waals surface area contributed by atoms with Crippen LogP contribution in [-0.4, -0.2) is 19.6 Å². The number of ether oxygens (including phenoxy) is 3. The molecule has 0 bridgehead atoms. The molecule has 32 heavy (non-hydrogen) atoms. The summed E-state index contributed by atoms with van der Waals surface area (Å²) in [7, 11) is 1.54. The predicted molar refractivity (Wildman–Crippen MR) is 116 cm³/mol. The molecule has 0 saturated heterocycles. The molecular weight excluding hydrogens is 417 g/mol. The van der Waals surface area contributed by atoms with Crippen molar-refractivity contribution >= 4 is 22.6 Å². The second-order valence-electron chi connectivity index (χ2n) is 6.71.